The molecule has 82 valence electrons. The van der Waals surface area contributed by atoms with Gasteiger partial charge in [-0.15, -0.1) is 11.8 Å². The Morgan fingerprint density at radius 3 is 2.44 bits per heavy atom. The number of nitrogen functional groups attached to an aromatic ring is 2. The molecule has 0 aliphatic heterocycles. The van der Waals surface area contributed by atoms with E-state index in [1.54, 1.807) is 11.8 Å². The first-order valence-corrected chi connectivity index (χ1v) is 6.06. The third kappa shape index (κ3) is 2.70. The van der Waals surface area contributed by atoms with E-state index in [0.29, 0.717) is 0 Å². The average Bonchev–Trinajstić information content (AvgIpc) is 2.32. The van der Waals surface area contributed by atoms with E-state index in [1.165, 1.54) is 5.56 Å². The van der Waals surface area contributed by atoms with Gasteiger partial charge in [0.25, 0.3) is 0 Å². The Hall–Kier alpha value is -1.61. The fraction of sp³-hybridized carbons (Fsp3) is 0.0769. The quantitative estimate of drug-likeness (QED) is 0.629. The Bertz CT molecular complexity index is 469. The van der Waals surface area contributed by atoms with Crippen molar-refractivity contribution >= 4 is 23.1 Å². The Balaban J connectivity index is 2.08. The lowest BCUT2D eigenvalue weighted by Crippen LogP contribution is -1.92. The molecule has 0 amide bonds. The van der Waals surface area contributed by atoms with Crippen LogP contribution in [-0.4, -0.2) is 0 Å². The lowest BCUT2D eigenvalue weighted by molar-refractivity contribution is 1.38. The van der Waals surface area contributed by atoms with Gasteiger partial charge in [0.2, 0.25) is 0 Å². The Morgan fingerprint density at radius 1 is 0.938 bits per heavy atom. The molecule has 0 aliphatic rings. The molecule has 0 aromatic heterocycles. The first kappa shape index (κ1) is 10.9. The second-order valence-electron chi connectivity index (χ2n) is 3.57. The summed E-state index contributed by atoms with van der Waals surface area (Å²) < 4.78 is 0. The molecule has 0 heterocycles. The normalized spacial score (nSPS) is 10.2. The molecule has 0 radical (unpaired) electrons. The van der Waals surface area contributed by atoms with E-state index in [-0.39, 0.29) is 0 Å². The zero-order valence-corrected chi connectivity index (χ0v) is 9.71. The molecule has 2 rings (SSSR count). The first-order valence-electron chi connectivity index (χ1n) is 5.07. The molecule has 0 bridgehead atoms. The molecule has 2 nitrogen and oxygen atoms in total. The summed E-state index contributed by atoms with van der Waals surface area (Å²) in [6.45, 7) is 0. The first-order chi connectivity index (χ1) is 7.75. The fourth-order valence-electron chi connectivity index (χ4n) is 1.41. The van der Waals surface area contributed by atoms with Crippen molar-refractivity contribution in [3.8, 4) is 0 Å². The molecule has 3 heteroatoms. The van der Waals surface area contributed by atoms with Gasteiger partial charge in [0.15, 0.2) is 0 Å². The summed E-state index contributed by atoms with van der Waals surface area (Å²) in [5, 5.41) is 0. The highest BCUT2D eigenvalue weighted by molar-refractivity contribution is 7.98. The summed E-state index contributed by atoms with van der Waals surface area (Å²) in [6.07, 6.45) is 0. The average molecular weight is 230 g/mol. The molecule has 0 unspecified atom stereocenters. The minimum Gasteiger partial charge on any atom is -0.399 e. The summed E-state index contributed by atoms with van der Waals surface area (Å²) in [4.78, 5) is 1.05. The third-order valence-electron chi connectivity index (χ3n) is 2.27. The van der Waals surface area contributed by atoms with Crippen LogP contribution in [0, 0.1) is 0 Å². The van der Waals surface area contributed by atoms with E-state index < -0.39 is 0 Å². The SMILES string of the molecule is Nc1ccc(N)c(SCc2ccccc2)c1. The predicted molar refractivity (Wildman–Crippen MR) is 71.3 cm³/mol. The van der Waals surface area contributed by atoms with Gasteiger partial charge >= 0.3 is 0 Å². The van der Waals surface area contributed by atoms with Crippen molar-refractivity contribution < 1.29 is 0 Å². The number of benzene rings is 2. The topological polar surface area (TPSA) is 52.0 Å². The van der Waals surface area contributed by atoms with Crippen molar-refractivity contribution in [2.75, 3.05) is 11.5 Å². The predicted octanol–water partition coefficient (Wildman–Crippen LogP) is 3.14. The maximum Gasteiger partial charge on any atom is 0.0453 e. The van der Waals surface area contributed by atoms with Crippen LogP contribution in [0.5, 0.6) is 0 Å². The largest absolute Gasteiger partial charge is 0.399 e. The van der Waals surface area contributed by atoms with E-state index in [4.69, 9.17) is 11.5 Å². The molecule has 0 spiro atoms. The maximum atomic E-state index is 5.88. The third-order valence-corrected chi connectivity index (χ3v) is 3.42. The van der Waals surface area contributed by atoms with Crippen LogP contribution >= 0.6 is 11.8 Å². The van der Waals surface area contributed by atoms with Gasteiger partial charge in [-0.05, 0) is 23.8 Å². The van der Waals surface area contributed by atoms with E-state index >= 15 is 0 Å². The number of hydrogen-bond acceptors (Lipinski definition) is 3. The van der Waals surface area contributed by atoms with Crippen molar-refractivity contribution in [2.45, 2.75) is 10.6 Å². The molecule has 0 saturated carbocycles. The van der Waals surface area contributed by atoms with Crippen LogP contribution in [0.25, 0.3) is 0 Å². The summed E-state index contributed by atoms with van der Waals surface area (Å²) in [7, 11) is 0. The summed E-state index contributed by atoms with van der Waals surface area (Å²) >= 11 is 1.71. The van der Waals surface area contributed by atoms with Crippen LogP contribution < -0.4 is 11.5 Å². The number of thioether (sulfide) groups is 1. The van der Waals surface area contributed by atoms with E-state index in [1.807, 2.05) is 36.4 Å². The van der Waals surface area contributed by atoms with Crippen molar-refractivity contribution in [1.29, 1.82) is 0 Å². The molecular formula is C13H14N2S. The van der Waals surface area contributed by atoms with Crippen LogP contribution in [0.4, 0.5) is 11.4 Å². The minimum atomic E-state index is 0.754. The van der Waals surface area contributed by atoms with Crippen LogP contribution in [0.1, 0.15) is 5.56 Å². The highest BCUT2D eigenvalue weighted by atomic mass is 32.2. The number of hydrogen-bond donors (Lipinski definition) is 2. The van der Waals surface area contributed by atoms with E-state index in [2.05, 4.69) is 12.1 Å². The molecule has 4 N–H and O–H groups in total. The van der Waals surface area contributed by atoms with Crippen LogP contribution in [-0.2, 0) is 5.75 Å². The second kappa shape index (κ2) is 4.94. The number of rotatable bonds is 3. The highest BCUT2D eigenvalue weighted by Gasteiger charge is 2.01. The van der Waals surface area contributed by atoms with Gasteiger partial charge in [0.05, 0.1) is 0 Å². The molecule has 0 fully saturated rings. The number of anilines is 2. The summed E-state index contributed by atoms with van der Waals surface area (Å²) in [6, 6.07) is 15.9. The van der Waals surface area contributed by atoms with Crippen LogP contribution in [0.3, 0.4) is 0 Å². The monoisotopic (exact) mass is 230 g/mol. The van der Waals surface area contributed by atoms with Crippen molar-refractivity contribution in [2.24, 2.45) is 0 Å². The fourth-order valence-corrected chi connectivity index (χ4v) is 2.38. The van der Waals surface area contributed by atoms with Crippen molar-refractivity contribution in [3.63, 3.8) is 0 Å². The number of nitrogens with two attached hydrogens (primary N) is 2. The second-order valence-corrected chi connectivity index (χ2v) is 4.59. The standard InChI is InChI=1S/C13H14N2S/c14-11-6-7-12(15)13(8-11)16-9-10-4-2-1-3-5-10/h1-8H,9,14-15H2. The molecule has 0 atom stereocenters. The van der Waals surface area contributed by atoms with Gasteiger partial charge in [-0.2, -0.15) is 0 Å². The van der Waals surface area contributed by atoms with Gasteiger partial charge < -0.3 is 11.5 Å². The van der Waals surface area contributed by atoms with Crippen molar-refractivity contribution in [1.82, 2.24) is 0 Å². The molecule has 2 aromatic carbocycles. The van der Waals surface area contributed by atoms with Gasteiger partial charge in [0, 0.05) is 22.0 Å². The Morgan fingerprint density at radius 2 is 1.69 bits per heavy atom. The van der Waals surface area contributed by atoms with Crippen molar-refractivity contribution in [3.05, 3.63) is 54.1 Å². The van der Waals surface area contributed by atoms with E-state index in [9.17, 15) is 0 Å². The summed E-state index contributed by atoms with van der Waals surface area (Å²) in [5.41, 5.74) is 14.4. The molecular weight excluding hydrogens is 216 g/mol. The molecule has 2 aromatic rings. The highest BCUT2D eigenvalue weighted by Crippen LogP contribution is 2.29. The van der Waals surface area contributed by atoms with E-state index in [0.717, 1.165) is 22.0 Å². The Labute approximate surface area is 99.7 Å². The van der Waals surface area contributed by atoms with Gasteiger partial charge in [-0.3, -0.25) is 0 Å². The maximum absolute atomic E-state index is 5.88. The molecule has 16 heavy (non-hydrogen) atoms. The molecule has 0 saturated heterocycles. The molecule has 0 aliphatic carbocycles. The van der Waals surface area contributed by atoms with Crippen LogP contribution in [0.15, 0.2) is 53.4 Å². The zero-order chi connectivity index (χ0) is 11.4. The lowest BCUT2D eigenvalue weighted by atomic mass is 10.2. The zero-order valence-electron chi connectivity index (χ0n) is 8.89. The minimum absolute atomic E-state index is 0.754. The van der Waals surface area contributed by atoms with Crippen LogP contribution in [0.2, 0.25) is 0 Å². The Kier molecular flexibility index (Phi) is 3.37. The van der Waals surface area contributed by atoms with Gasteiger partial charge in [-0.25, -0.2) is 0 Å². The lowest BCUT2D eigenvalue weighted by Gasteiger charge is -2.06. The van der Waals surface area contributed by atoms with Gasteiger partial charge in [-0.1, -0.05) is 30.3 Å². The van der Waals surface area contributed by atoms with Gasteiger partial charge in [0.1, 0.15) is 0 Å². The summed E-state index contributed by atoms with van der Waals surface area (Å²) in [5.74, 6) is 0.911. The smallest absolute Gasteiger partial charge is 0.0453 e.